The first kappa shape index (κ1) is 25.9. The Hall–Kier alpha value is 0.690. The van der Waals surface area contributed by atoms with Gasteiger partial charge in [-0.2, -0.15) is 22.4 Å². The van der Waals surface area contributed by atoms with Crippen LogP contribution in [-0.2, 0) is 19.2 Å². The third-order valence-electron chi connectivity index (χ3n) is 5.32. The van der Waals surface area contributed by atoms with E-state index in [1.54, 1.807) is 0 Å². The monoisotopic (exact) mass is 661 g/mol. The lowest BCUT2D eigenvalue weighted by molar-refractivity contribution is -0.890. The standard InChI is InChI=1S/C16H25B2I2N3O4P2/c1-23(2,7-3-5-21-13(24)9-11(15(21)26)28-18-19)8-4-6-22-14(25)10-12(16(22)27)29(17)20/h11-12,28H,3-10H2,1-2H3/q+1. The van der Waals surface area contributed by atoms with Crippen molar-refractivity contribution in [1.82, 2.24) is 9.80 Å². The average Bonchev–Trinajstić information content (AvgIpc) is 3.06. The SMILES string of the molecule is [B]P(I)C1CC(=O)N(CCC[N+](C)(C)CCCN2C(=O)CC(P[B]I)C2=O)C1=O. The van der Waals surface area contributed by atoms with E-state index in [4.69, 9.17) is 7.57 Å². The fourth-order valence-corrected chi connectivity index (χ4v) is 7.67. The molecular formula is C16H25B2I2N3O4P2+. The molecule has 0 bridgehead atoms. The van der Waals surface area contributed by atoms with Gasteiger partial charge in [-0.25, -0.2) is 0 Å². The number of carbonyl (C=O) groups is 4. The summed E-state index contributed by atoms with van der Waals surface area (Å²) in [5.74, 6) is -0.354. The van der Waals surface area contributed by atoms with E-state index in [1.807, 2.05) is 4.86 Å². The van der Waals surface area contributed by atoms with E-state index < -0.39 is 5.44 Å². The highest BCUT2D eigenvalue weighted by Gasteiger charge is 2.40. The number of quaternary nitrogens is 1. The molecule has 13 heteroatoms. The first-order chi connectivity index (χ1) is 13.6. The van der Waals surface area contributed by atoms with Crippen LogP contribution in [0, 0.1) is 0 Å². The molecule has 2 rings (SSSR count). The van der Waals surface area contributed by atoms with Crippen molar-refractivity contribution in [2.75, 3.05) is 40.3 Å². The number of hydrogen-bond donors (Lipinski definition) is 0. The Bertz CT molecular complexity index is 672. The summed E-state index contributed by atoms with van der Waals surface area (Å²) < 4.78 is 0.707. The van der Waals surface area contributed by atoms with Gasteiger partial charge in [0.2, 0.25) is 28.5 Å². The topological polar surface area (TPSA) is 74.8 Å². The average molecular weight is 661 g/mol. The summed E-state index contributed by atoms with van der Waals surface area (Å²) in [6, 6.07) is 0. The number of nitrogens with zero attached hydrogens (tertiary/aromatic N) is 3. The van der Waals surface area contributed by atoms with E-state index in [2.05, 4.69) is 58.5 Å². The number of halogens is 2. The molecule has 0 N–H and O–H groups in total. The molecule has 0 aliphatic carbocycles. The number of likely N-dealkylation sites (tertiary alicyclic amines) is 2. The zero-order chi connectivity index (χ0) is 21.8. The minimum atomic E-state index is -0.965. The first-order valence-corrected chi connectivity index (χ1v) is 16.1. The van der Waals surface area contributed by atoms with Crippen molar-refractivity contribution in [3.63, 3.8) is 0 Å². The summed E-state index contributed by atoms with van der Waals surface area (Å²) in [7, 11) is 10.4. The van der Waals surface area contributed by atoms with Crippen molar-refractivity contribution >= 4 is 94.4 Å². The smallest absolute Gasteiger partial charge is 0.237 e. The lowest BCUT2D eigenvalue weighted by Gasteiger charge is -2.31. The van der Waals surface area contributed by atoms with Crippen LogP contribution >= 0.6 is 58.3 Å². The van der Waals surface area contributed by atoms with Crippen molar-refractivity contribution in [2.24, 2.45) is 0 Å². The van der Waals surface area contributed by atoms with E-state index >= 15 is 0 Å². The van der Waals surface area contributed by atoms with Crippen LogP contribution in [0.5, 0.6) is 0 Å². The van der Waals surface area contributed by atoms with Crippen molar-refractivity contribution in [1.29, 1.82) is 0 Å². The predicted octanol–water partition coefficient (Wildman–Crippen LogP) is 1.66. The van der Waals surface area contributed by atoms with Gasteiger partial charge >= 0.3 is 0 Å². The van der Waals surface area contributed by atoms with Gasteiger partial charge in [0.25, 0.3) is 0 Å². The fourth-order valence-electron chi connectivity index (χ4n) is 3.64. The first-order valence-electron chi connectivity index (χ1n) is 9.45. The van der Waals surface area contributed by atoms with Gasteiger partial charge in [0.05, 0.1) is 38.5 Å². The van der Waals surface area contributed by atoms with Crippen LogP contribution in [0.2, 0.25) is 0 Å². The van der Waals surface area contributed by atoms with Crippen LogP contribution in [0.25, 0.3) is 0 Å². The largest absolute Gasteiger partial charge is 0.328 e. The molecule has 3 radical (unpaired) electrons. The van der Waals surface area contributed by atoms with Gasteiger partial charge in [-0.1, -0.05) is 27.5 Å². The third-order valence-corrected chi connectivity index (χ3v) is 10.4. The predicted molar refractivity (Wildman–Crippen MR) is 136 cm³/mol. The maximum atomic E-state index is 12.3. The van der Waals surface area contributed by atoms with Crippen LogP contribution in [0.15, 0.2) is 0 Å². The quantitative estimate of drug-likeness (QED) is 0.111. The van der Waals surface area contributed by atoms with Crippen LogP contribution in [0.4, 0.5) is 0 Å². The summed E-state index contributed by atoms with van der Waals surface area (Å²) >= 11 is 4.18. The highest BCUT2D eigenvalue weighted by atomic mass is 127. The van der Waals surface area contributed by atoms with Gasteiger partial charge < -0.3 is 4.48 Å². The molecule has 2 fully saturated rings. The van der Waals surface area contributed by atoms with E-state index in [0.717, 1.165) is 25.9 Å². The summed E-state index contributed by atoms with van der Waals surface area (Å²) in [5, 5.41) is 0. The van der Waals surface area contributed by atoms with Gasteiger partial charge in [0.1, 0.15) is 7.57 Å². The van der Waals surface area contributed by atoms with E-state index in [1.165, 1.54) is 9.80 Å². The summed E-state index contributed by atoms with van der Waals surface area (Å²) in [4.78, 5) is 53.5. The lowest BCUT2D eigenvalue weighted by Crippen LogP contribution is -2.44. The molecule has 2 heterocycles. The fraction of sp³-hybridized carbons (Fsp3) is 0.750. The molecule has 4 unspecified atom stereocenters. The second-order valence-corrected chi connectivity index (χ2v) is 15.7. The Morgan fingerprint density at radius 2 is 1.59 bits per heavy atom. The van der Waals surface area contributed by atoms with Gasteiger partial charge in [-0.05, 0) is 0 Å². The zero-order valence-electron chi connectivity index (χ0n) is 16.6. The van der Waals surface area contributed by atoms with Crippen molar-refractivity contribution in [3.8, 4) is 0 Å². The molecule has 157 valence electrons. The van der Waals surface area contributed by atoms with Gasteiger partial charge in [0.15, 0.2) is 0 Å². The molecule has 0 saturated carbocycles. The van der Waals surface area contributed by atoms with E-state index in [-0.39, 0.29) is 41.4 Å². The van der Waals surface area contributed by atoms with Gasteiger partial charge in [-0.15, -0.1) is 8.46 Å². The minimum Gasteiger partial charge on any atom is -0.328 e. The molecule has 0 aromatic heterocycles. The minimum absolute atomic E-state index is 0.0395. The summed E-state index contributed by atoms with van der Waals surface area (Å²) in [5.41, 5.74) is -1.48. The second-order valence-electron chi connectivity index (χ2n) is 7.95. The maximum absolute atomic E-state index is 12.3. The molecular weight excluding hydrogens is 636 g/mol. The van der Waals surface area contributed by atoms with Gasteiger partial charge in [-0.3, -0.25) is 29.0 Å². The highest BCUT2D eigenvalue weighted by molar-refractivity contribution is 14.2. The number of hydrogen-bond acceptors (Lipinski definition) is 4. The summed E-state index contributed by atoms with van der Waals surface area (Å²) in [6.45, 7) is 2.50. The molecule has 0 spiro atoms. The molecule has 0 aromatic carbocycles. The van der Waals surface area contributed by atoms with Crippen molar-refractivity contribution in [3.05, 3.63) is 0 Å². The van der Waals surface area contributed by atoms with Crippen LogP contribution in [0.1, 0.15) is 25.7 Å². The van der Waals surface area contributed by atoms with Crippen molar-refractivity contribution in [2.45, 2.75) is 37.0 Å². The molecule has 0 aromatic rings. The second kappa shape index (κ2) is 11.5. The van der Waals surface area contributed by atoms with E-state index in [0.29, 0.717) is 32.5 Å². The van der Waals surface area contributed by atoms with Crippen LogP contribution < -0.4 is 0 Å². The molecule has 29 heavy (non-hydrogen) atoms. The zero-order valence-corrected chi connectivity index (χ0v) is 22.9. The molecule has 2 saturated heterocycles. The number of carbonyl (C=O) groups excluding carboxylic acids is 4. The number of amides is 4. The molecule has 7 nitrogen and oxygen atoms in total. The van der Waals surface area contributed by atoms with Crippen LogP contribution in [-0.4, -0.2) is 102 Å². The molecule has 2 aliphatic heterocycles. The Morgan fingerprint density at radius 3 is 2.07 bits per heavy atom. The Kier molecular flexibility index (Phi) is 10.3. The number of imide groups is 2. The number of rotatable bonds is 11. The van der Waals surface area contributed by atoms with Crippen molar-refractivity contribution < 1.29 is 23.7 Å². The van der Waals surface area contributed by atoms with E-state index in [9.17, 15) is 19.2 Å². The Labute approximate surface area is 203 Å². The Morgan fingerprint density at radius 1 is 1.07 bits per heavy atom. The molecule has 4 atom stereocenters. The molecule has 2 aliphatic rings. The highest BCUT2D eigenvalue weighted by Crippen LogP contribution is 2.49. The Balaban J connectivity index is 1.74. The maximum Gasteiger partial charge on any atom is 0.237 e. The lowest BCUT2D eigenvalue weighted by atomic mass is 10.3. The molecule has 4 amide bonds. The normalized spacial score (nSPS) is 24.4. The third kappa shape index (κ3) is 7.09. The van der Waals surface area contributed by atoms with Gasteiger partial charge in [0, 0.05) is 38.8 Å². The van der Waals surface area contributed by atoms with Crippen LogP contribution in [0.3, 0.4) is 0 Å². The summed E-state index contributed by atoms with van der Waals surface area (Å²) in [6.07, 6.45) is 2.02.